The van der Waals surface area contributed by atoms with Gasteiger partial charge in [0.25, 0.3) is 0 Å². The molecule has 0 saturated carbocycles. The Balaban J connectivity index is 2.84. The number of carboxylic acids is 1. The van der Waals surface area contributed by atoms with E-state index in [0.717, 1.165) is 5.56 Å². The third-order valence-electron chi connectivity index (χ3n) is 6.05. The van der Waals surface area contributed by atoms with E-state index in [0.29, 0.717) is 12.0 Å². The molecule has 0 saturated heterocycles. The molecular weight excluding hydrogens is 580 g/mol. The monoisotopic (exact) mass is 624 g/mol. The molecule has 5 N–H and O–H groups in total. The number of carboxylic acid groups (broad SMARTS) is 1. The number of hydrogen-bond acceptors (Lipinski definition) is 9. The molecule has 0 aliphatic heterocycles. The summed E-state index contributed by atoms with van der Waals surface area (Å²) in [6.07, 6.45) is -0.822. The lowest BCUT2D eigenvalue weighted by atomic mass is 10.0. The Morgan fingerprint density at radius 3 is 1.98 bits per heavy atom. The molecule has 1 rings (SSSR count). The second kappa shape index (κ2) is 19.4. The predicted molar refractivity (Wildman–Crippen MR) is 162 cm³/mol. The number of aliphatic carboxylic acids is 1. The molecule has 0 aliphatic rings. The Morgan fingerprint density at radius 1 is 0.837 bits per heavy atom. The van der Waals surface area contributed by atoms with Crippen molar-refractivity contribution in [2.45, 2.75) is 71.5 Å². The van der Waals surface area contributed by atoms with Gasteiger partial charge in [0.05, 0.1) is 19.3 Å². The van der Waals surface area contributed by atoms with Crippen LogP contribution in [0.4, 0.5) is 4.79 Å². The highest BCUT2D eigenvalue weighted by Crippen LogP contribution is 2.09. The van der Waals surface area contributed by atoms with Crippen molar-refractivity contribution in [2.75, 3.05) is 26.0 Å². The van der Waals surface area contributed by atoms with Gasteiger partial charge in [0.1, 0.15) is 18.1 Å². The molecule has 0 unspecified atom stereocenters. The normalized spacial score (nSPS) is 12.9. The van der Waals surface area contributed by atoms with Crippen molar-refractivity contribution in [1.82, 2.24) is 21.3 Å². The number of carbonyl (C=O) groups excluding carboxylic acids is 5. The lowest BCUT2D eigenvalue weighted by molar-refractivity contribution is -0.137. The van der Waals surface area contributed by atoms with E-state index in [-0.39, 0.29) is 43.6 Å². The van der Waals surface area contributed by atoms with Gasteiger partial charge < -0.3 is 35.8 Å². The van der Waals surface area contributed by atoms with Gasteiger partial charge >= 0.3 is 18.0 Å². The number of hydrogen-bond donors (Lipinski definition) is 6. The topological polar surface area (TPSA) is 189 Å². The van der Waals surface area contributed by atoms with Crippen LogP contribution in [0.5, 0.6) is 0 Å². The van der Waals surface area contributed by atoms with E-state index >= 15 is 0 Å². The molecule has 0 fully saturated rings. The maximum absolute atomic E-state index is 13.2. The molecule has 0 spiro atoms. The average molecular weight is 625 g/mol. The molecule has 43 heavy (non-hydrogen) atoms. The molecule has 0 aromatic heterocycles. The molecule has 1 aromatic rings. The number of ether oxygens (including phenoxy) is 2. The summed E-state index contributed by atoms with van der Waals surface area (Å²) in [5, 5.41) is 19.4. The van der Waals surface area contributed by atoms with Crippen LogP contribution in [0, 0.1) is 11.8 Å². The van der Waals surface area contributed by atoms with E-state index < -0.39 is 60.3 Å². The highest BCUT2D eigenvalue weighted by atomic mass is 32.1. The first-order valence-corrected chi connectivity index (χ1v) is 14.7. The maximum Gasteiger partial charge on any atom is 0.407 e. The zero-order valence-electron chi connectivity index (χ0n) is 25.3. The van der Waals surface area contributed by atoms with Crippen LogP contribution in [0.2, 0.25) is 0 Å². The maximum atomic E-state index is 13.2. The van der Waals surface area contributed by atoms with Gasteiger partial charge in [-0.2, -0.15) is 12.6 Å². The van der Waals surface area contributed by atoms with E-state index in [1.807, 2.05) is 27.7 Å². The van der Waals surface area contributed by atoms with Crippen molar-refractivity contribution in [3.8, 4) is 0 Å². The second-order valence-electron chi connectivity index (χ2n) is 10.8. The molecular formula is C29H44N4O9S. The molecule has 13 nitrogen and oxygen atoms in total. The van der Waals surface area contributed by atoms with Gasteiger partial charge in [-0.15, -0.1) is 0 Å². The highest BCUT2D eigenvalue weighted by molar-refractivity contribution is 7.80. The van der Waals surface area contributed by atoms with E-state index in [1.165, 1.54) is 7.11 Å². The average Bonchev–Trinajstić information content (AvgIpc) is 2.95. The quantitative estimate of drug-likeness (QED) is 0.104. The number of benzene rings is 1. The Hall–Kier alpha value is -3.81. The molecule has 240 valence electrons. The van der Waals surface area contributed by atoms with E-state index in [9.17, 15) is 28.8 Å². The fraction of sp³-hybridized carbons (Fsp3) is 0.586. The van der Waals surface area contributed by atoms with Crippen LogP contribution in [-0.4, -0.2) is 85.0 Å². The summed E-state index contributed by atoms with van der Waals surface area (Å²) >= 11 is 4.20. The lowest BCUT2D eigenvalue weighted by Gasteiger charge is -2.25. The Labute approximate surface area is 257 Å². The van der Waals surface area contributed by atoms with Crippen LogP contribution in [0.3, 0.4) is 0 Å². The fourth-order valence-electron chi connectivity index (χ4n) is 3.78. The molecule has 0 radical (unpaired) electrons. The van der Waals surface area contributed by atoms with Gasteiger partial charge in [-0.3, -0.25) is 19.2 Å². The Bertz CT molecular complexity index is 1100. The minimum atomic E-state index is -1.26. The summed E-state index contributed by atoms with van der Waals surface area (Å²) < 4.78 is 9.73. The van der Waals surface area contributed by atoms with Crippen molar-refractivity contribution >= 4 is 48.4 Å². The van der Waals surface area contributed by atoms with Gasteiger partial charge in [-0.05, 0) is 48.8 Å². The molecule has 0 aliphatic carbocycles. The van der Waals surface area contributed by atoms with Crippen LogP contribution >= 0.6 is 12.6 Å². The first-order valence-electron chi connectivity index (χ1n) is 14.1. The minimum absolute atomic E-state index is 0.0156. The number of amides is 4. The number of methoxy groups -OCH3 is 1. The molecule has 4 amide bonds. The smallest absolute Gasteiger partial charge is 0.407 e. The zero-order chi connectivity index (χ0) is 32.5. The van der Waals surface area contributed by atoms with Crippen molar-refractivity contribution < 1.29 is 43.3 Å². The van der Waals surface area contributed by atoms with Crippen molar-refractivity contribution in [1.29, 1.82) is 0 Å². The molecule has 14 heteroatoms. The van der Waals surface area contributed by atoms with Gasteiger partial charge in [0.2, 0.25) is 17.7 Å². The van der Waals surface area contributed by atoms with Crippen LogP contribution in [0.25, 0.3) is 0 Å². The van der Waals surface area contributed by atoms with Crippen LogP contribution < -0.4 is 21.3 Å². The fourth-order valence-corrected chi connectivity index (χ4v) is 4.04. The number of nitrogens with one attached hydrogen (secondary N) is 4. The van der Waals surface area contributed by atoms with E-state index in [4.69, 9.17) is 9.84 Å². The second-order valence-corrected chi connectivity index (χ2v) is 11.2. The summed E-state index contributed by atoms with van der Waals surface area (Å²) in [7, 11) is 1.30. The molecule has 1 aromatic carbocycles. The van der Waals surface area contributed by atoms with E-state index in [2.05, 4.69) is 38.6 Å². The first kappa shape index (κ1) is 37.2. The largest absolute Gasteiger partial charge is 0.481 e. The van der Waals surface area contributed by atoms with Crippen LogP contribution in [0.15, 0.2) is 24.3 Å². The van der Waals surface area contributed by atoms with Crippen LogP contribution in [0.1, 0.15) is 62.9 Å². The minimum Gasteiger partial charge on any atom is -0.481 e. The SMILES string of the molecule is COC(=O)c1ccc(CCNC(=O)[C@H](CS)NC(=O)[C@H](CC(C)C)NC(=O)[C@H](CCC(=O)O)NC(=O)OCC(C)C)cc1. The summed E-state index contributed by atoms with van der Waals surface area (Å²) in [6, 6.07) is 3.41. The Kier molecular flexibility index (Phi) is 16.8. The zero-order valence-corrected chi connectivity index (χ0v) is 26.2. The van der Waals surface area contributed by atoms with Crippen molar-refractivity contribution in [2.24, 2.45) is 11.8 Å². The third-order valence-corrected chi connectivity index (χ3v) is 6.41. The number of rotatable bonds is 18. The van der Waals surface area contributed by atoms with Crippen molar-refractivity contribution in [3.63, 3.8) is 0 Å². The van der Waals surface area contributed by atoms with Gasteiger partial charge in [0, 0.05) is 18.7 Å². The van der Waals surface area contributed by atoms with Crippen LogP contribution in [-0.2, 0) is 35.1 Å². The number of alkyl carbamates (subject to hydrolysis) is 1. The molecule has 3 atom stereocenters. The summed E-state index contributed by atoms with van der Waals surface area (Å²) in [6.45, 7) is 7.72. The highest BCUT2D eigenvalue weighted by Gasteiger charge is 2.30. The van der Waals surface area contributed by atoms with Gasteiger partial charge in [0.15, 0.2) is 0 Å². The predicted octanol–water partition coefficient (Wildman–Crippen LogP) is 1.69. The summed E-state index contributed by atoms with van der Waals surface area (Å²) in [5.41, 5.74) is 1.28. The molecule has 0 heterocycles. The first-order chi connectivity index (χ1) is 20.3. The number of thiol groups is 1. The van der Waals surface area contributed by atoms with E-state index in [1.54, 1.807) is 24.3 Å². The number of esters is 1. The summed E-state index contributed by atoms with van der Waals surface area (Å²) in [5.74, 6) is -3.47. The van der Waals surface area contributed by atoms with Gasteiger partial charge in [-0.25, -0.2) is 9.59 Å². The number of carbonyl (C=O) groups is 6. The van der Waals surface area contributed by atoms with Gasteiger partial charge in [-0.1, -0.05) is 39.8 Å². The third kappa shape index (κ3) is 14.8. The lowest BCUT2D eigenvalue weighted by Crippen LogP contribution is -2.57. The summed E-state index contributed by atoms with van der Waals surface area (Å²) in [4.78, 5) is 74.0. The molecule has 0 bridgehead atoms. The standard InChI is InChI=1S/C29H44N4O9S/c1-17(2)14-22(31-26(37)21(10-11-24(34)35)33-29(40)42-15-18(3)4)27(38)32-23(16-43)25(36)30-13-12-19-6-8-20(9-7-19)28(39)41-5/h6-9,17-18,21-23,43H,10-16H2,1-5H3,(H,30,36)(H,31,37)(H,32,38)(H,33,40)(H,34,35)/t21-,22-,23-/m0/s1. The Morgan fingerprint density at radius 2 is 1.44 bits per heavy atom. The van der Waals surface area contributed by atoms with Crippen molar-refractivity contribution in [3.05, 3.63) is 35.4 Å².